The minimum Gasteiger partial charge on any atom is -0.368 e. The minimum atomic E-state index is 0.319. The first-order valence-corrected chi connectivity index (χ1v) is 6.91. The van der Waals surface area contributed by atoms with Gasteiger partial charge in [0.15, 0.2) is 5.16 Å². The Labute approximate surface area is 102 Å². The maximum Gasteiger partial charge on any atom is 0.222 e. The fourth-order valence-corrected chi connectivity index (χ4v) is 2.99. The molecule has 2 N–H and O–H groups in total. The second kappa shape index (κ2) is 6.13. The lowest BCUT2D eigenvalue weighted by Gasteiger charge is -2.14. The molecule has 0 saturated carbocycles. The summed E-state index contributed by atoms with van der Waals surface area (Å²) in [6.07, 6.45) is 2.43. The van der Waals surface area contributed by atoms with Gasteiger partial charge in [0.05, 0.1) is 0 Å². The molecule has 0 amide bonds. The average molecular weight is 242 g/mol. The number of hydrogen-bond acceptors (Lipinski definition) is 4. The van der Waals surface area contributed by atoms with Crippen LogP contribution in [0.5, 0.6) is 0 Å². The van der Waals surface area contributed by atoms with Crippen molar-refractivity contribution in [2.75, 3.05) is 11.5 Å². The Hall–Kier alpha value is -0.710. The van der Waals surface area contributed by atoms with Crippen molar-refractivity contribution in [3.63, 3.8) is 0 Å². The molecule has 1 aromatic heterocycles. The lowest BCUT2D eigenvalue weighted by atomic mass is 10.1. The Balaban J connectivity index is 2.67. The molecule has 0 aliphatic carbocycles. The summed E-state index contributed by atoms with van der Waals surface area (Å²) < 4.78 is 1.99. The van der Waals surface area contributed by atoms with Crippen molar-refractivity contribution in [2.45, 2.75) is 51.7 Å². The van der Waals surface area contributed by atoms with Crippen molar-refractivity contribution in [2.24, 2.45) is 5.92 Å². The van der Waals surface area contributed by atoms with Crippen LogP contribution in [0, 0.1) is 5.92 Å². The van der Waals surface area contributed by atoms with Gasteiger partial charge in [-0.25, -0.2) is 0 Å². The highest BCUT2D eigenvalue weighted by Crippen LogP contribution is 2.26. The van der Waals surface area contributed by atoms with Crippen LogP contribution in [0.3, 0.4) is 0 Å². The number of thioether (sulfide) groups is 1. The van der Waals surface area contributed by atoms with Crippen LogP contribution in [0.4, 0.5) is 5.95 Å². The smallest absolute Gasteiger partial charge is 0.222 e. The van der Waals surface area contributed by atoms with Gasteiger partial charge in [0.25, 0.3) is 0 Å². The number of nitrogens with two attached hydrogens (primary N) is 1. The predicted octanol–water partition coefficient (Wildman–Crippen LogP) is 2.97. The Morgan fingerprint density at radius 1 is 1.25 bits per heavy atom. The van der Waals surface area contributed by atoms with Crippen molar-refractivity contribution in [3.8, 4) is 0 Å². The third kappa shape index (κ3) is 3.14. The first-order valence-electron chi connectivity index (χ1n) is 5.93. The Bertz CT molecular complexity index is 318. The van der Waals surface area contributed by atoms with E-state index in [1.165, 1.54) is 12.8 Å². The molecule has 1 heterocycles. The van der Waals surface area contributed by atoms with Gasteiger partial charge in [-0.3, -0.25) is 4.57 Å². The van der Waals surface area contributed by atoms with Gasteiger partial charge in [-0.05, 0) is 19.8 Å². The molecule has 0 fully saturated rings. The van der Waals surface area contributed by atoms with Crippen LogP contribution < -0.4 is 5.73 Å². The molecule has 0 aliphatic heterocycles. The molecule has 92 valence electrons. The monoisotopic (exact) mass is 242 g/mol. The number of anilines is 1. The van der Waals surface area contributed by atoms with E-state index in [1.807, 2.05) is 4.57 Å². The van der Waals surface area contributed by atoms with Crippen LogP contribution in [0.2, 0.25) is 0 Å². The van der Waals surface area contributed by atoms with E-state index in [0.717, 1.165) is 16.8 Å². The highest BCUT2D eigenvalue weighted by molar-refractivity contribution is 7.99. The summed E-state index contributed by atoms with van der Waals surface area (Å²) in [4.78, 5) is 0. The number of nitrogen functional groups attached to an aromatic ring is 1. The predicted molar refractivity (Wildman–Crippen MR) is 69.6 cm³/mol. The van der Waals surface area contributed by atoms with Crippen molar-refractivity contribution < 1.29 is 0 Å². The third-order valence-corrected chi connectivity index (χ3v) is 3.98. The Morgan fingerprint density at radius 2 is 1.88 bits per heavy atom. The van der Waals surface area contributed by atoms with Gasteiger partial charge >= 0.3 is 0 Å². The zero-order valence-electron chi connectivity index (χ0n) is 10.6. The van der Waals surface area contributed by atoms with E-state index in [-0.39, 0.29) is 0 Å². The summed E-state index contributed by atoms with van der Waals surface area (Å²) >= 11 is 1.76. The normalized spacial score (nSPS) is 11.6. The molecule has 5 heteroatoms. The Morgan fingerprint density at radius 3 is 2.38 bits per heavy atom. The van der Waals surface area contributed by atoms with Crippen LogP contribution in [0.1, 0.15) is 46.6 Å². The highest BCUT2D eigenvalue weighted by Gasteiger charge is 2.14. The van der Waals surface area contributed by atoms with Gasteiger partial charge in [-0.15, -0.1) is 10.2 Å². The van der Waals surface area contributed by atoms with Crippen LogP contribution >= 0.6 is 11.8 Å². The molecule has 0 bridgehead atoms. The lowest BCUT2D eigenvalue weighted by Crippen LogP contribution is -2.08. The molecule has 0 spiro atoms. The molecule has 1 rings (SSSR count). The van der Waals surface area contributed by atoms with Crippen LogP contribution in [0.15, 0.2) is 5.16 Å². The molecule has 4 nitrogen and oxygen atoms in total. The molecular formula is C11H22N4S. The molecule has 0 atom stereocenters. The van der Waals surface area contributed by atoms with Crippen molar-refractivity contribution in [1.82, 2.24) is 14.8 Å². The van der Waals surface area contributed by atoms with Gasteiger partial charge in [0.1, 0.15) is 0 Å². The van der Waals surface area contributed by atoms with Gasteiger partial charge in [0, 0.05) is 11.8 Å². The van der Waals surface area contributed by atoms with Crippen molar-refractivity contribution >= 4 is 17.7 Å². The molecule has 0 radical (unpaired) electrons. The van der Waals surface area contributed by atoms with E-state index < -0.39 is 0 Å². The van der Waals surface area contributed by atoms with Crippen LogP contribution in [0.25, 0.3) is 0 Å². The first-order chi connectivity index (χ1) is 7.60. The fraction of sp³-hybridized carbons (Fsp3) is 0.818. The quantitative estimate of drug-likeness (QED) is 0.779. The fourth-order valence-electron chi connectivity index (χ4n) is 1.59. The second-order valence-corrected chi connectivity index (χ2v) is 5.29. The second-order valence-electron chi connectivity index (χ2n) is 4.30. The van der Waals surface area contributed by atoms with E-state index in [1.54, 1.807) is 11.8 Å². The molecule has 0 saturated heterocycles. The largest absolute Gasteiger partial charge is 0.368 e. The average Bonchev–Trinajstić information content (AvgIpc) is 2.61. The number of hydrogen-bond donors (Lipinski definition) is 1. The van der Waals surface area contributed by atoms with Gasteiger partial charge in [-0.2, -0.15) is 0 Å². The van der Waals surface area contributed by atoms with Crippen molar-refractivity contribution in [1.29, 1.82) is 0 Å². The SMILES string of the molecule is CCC(CC)CSc1nnc(N)n1C(C)C. The van der Waals surface area contributed by atoms with E-state index in [9.17, 15) is 0 Å². The van der Waals surface area contributed by atoms with Gasteiger partial charge in [0.2, 0.25) is 5.95 Å². The summed E-state index contributed by atoms with van der Waals surface area (Å²) in [7, 11) is 0. The zero-order valence-corrected chi connectivity index (χ0v) is 11.4. The van der Waals surface area contributed by atoms with Gasteiger partial charge in [-0.1, -0.05) is 38.5 Å². The Kier molecular flexibility index (Phi) is 5.12. The molecular weight excluding hydrogens is 220 g/mol. The zero-order chi connectivity index (χ0) is 12.1. The van der Waals surface area contributed by atoms with E-state index in [4.69, 9.17) is 5.73 Å². The summed E-state index contributed by atoms with van der Waals surface area (Å²) in [5.74, 6) is 2.36. The van der Waals surface area contributed by atoms with E-state index in [2.05, 4.69) is 37.9 Å². The maximum absolute atomic E-state index is 5.79. The molecule has 16 heavy (non-hydrogen) atoms. The topological polar surface area (TPSA) is 56.7 Å². The van der Waals surface area contributed by atoms with Crippen LogP contribution in [-0.2, 0) is 0 Å². The molecule has 0 unspecified atom stereocenters. The van der Waals surface area contributed by atoms with Crippen molar-refractivity contribution in [3.05, 3.63) is 0 Å². The van der Waals surface area contributed by atoms with Gasteiger partial charge < -0.3 is 5.73 Å². The number of rotatable bonds is 6. The molecule has 1 aromatic rings. The minimum absolute atomic E-state index is 0.319. The number of aromatic nitrogens is 3. The van der Waals surface area contributed by atoms with E-state index in [0.29, 0.717) is 12.0 Å². The summed E-state index contributed by atoms with van der Waals surface area (Å²) in [5, 5.41) is 9.01. The third-order valence-electron chi connectivity index (χ3n) is 2.81. The lowest BCUT2D eigenvalue weighted by molar-refractivity contribution is 0.542. The standard InChI is InChI=1S/C11H22N4S/c1-5-9(6-2)7-16-11-14-13-10(12)15(11)8(3)4/h8-9H,5-7H2,1-4H3,(H2,12,13). The first kappa shape index (κ1) is 13.4. The van der Waals surface area contributed by atoms with E-state index >= 15 is 0 Å². The molecule has 0 aliphatic rings. The summed E-state index contributed by atoms with van der Waals surface area (Å²) in [6, 6.07) is 0.319. The van der Waals surface area contributed by atoms with Crippen LogP contribution in [-0.4, -0.2) is 20.5 Å². The highest BCUT2D eigenvalue weighted by atomic mass is 32.2. The maximum atomic E-state index is 5.79. The summed E-state index contributed by atoms with van der Waals surface area (Å²) in [5.41, 5.74) is 5.79. The molecule has 0 aromatic carbocycles. The number of nitrogens with zero attached hydrogens (tertiary/aromatic N) is 3. The summed E-state index contributed by atoms with van der Waals surface area (Å²) in [6.45, 7) is 8.66.